The zero-order valence-corrected chi connectivity index (χ0v) is 13.1. The Labute approximate surface area is 129 Å². The maximum Gasteiger partial charge on any atom is 0.231 e. The Bertz CT molecular complexity index is 562. The van der Waals surface area contributed by atoms with Crippen LogP contribution < -0.4 is 19.5 Å². The number of methoxy groups -OCH3 is 1. The maximum absolute atomic E-state index is 11.4. The molecule has 1 aromatic rings. The molecule has 0 saturated heterocycles. The minimum Gasteiger partial charge on any atom is -0.492 e. The third-order valence-corrected chi connectivity index (χ3v) is 3.86. The van der Waals surface area contributed by atoms with Crippen LogP contribution >= 0.6 is 12.2 Å². The fourth-order valence-electron chi connectivity index (χ4n) is 2.20. The predicted molar refractivity (Wildman–Crippen MR) is 82.5 cm³/mol. The fourth-order valence-corrected chi connectivity index (χ4v) is 2.29. The van der Waals surface area contributed by atoms with Gasteiger partial charge in [-0.25, -0.2) is 0 Å². The molecule has 0 bridgehead atoms. The monoisotopic (exact) mass is 310 g/mol. The van der Waals surface area contributed by atoms with Gasteiger partial charge in [-0.15, -0.1) is 0 Å². The zero-order valence-electron chi connectivity index (χ0n) is 12.3. The van der Waals surface area contributed by atoms with Crippen molar-refractivity contribution in [2.24, 2.45) is 0 Å². The van der Waals surface area contributed by atoms with Crippen molar-refractivity contribution >= 4 is 23.6 Å². The lowest BCUT2D eigenvalue weighted by Gasteiger charge is -2.20. The number of carbonyl (C=O) groups is 1. The van der Waals surface area contributed by atoms with E-state index < -0.39 is 0 Å². The molecule has 21 heavy (non-hydrogen) atoms. The van der Waals surface area contributed by atoms with Gasteiger partial charge in [0.15, 0.2) is 22.9 Å². The third-order valence-electron chi connectivity index (χ3n) is 3.34. The van der Waals surface area contributed by atoms with Crippen molar-refractivity contribution < 1.29 is 19.0 Å². The highest BCUT2D eigenvalue weighted by atomic mass is 32.1. The number of nitrogens with zero attached hydrogens (tertiary/aromatic N) is 1. The van der Waals surface area contributed by atoms with Gasteiger partial charge in [0.2, 0.25) is 12.5 Å². The van der Waals surface area contributed by atoms with E-state index in [1.165, 1.54) is 7.11 Å². The molecule has 2 rings (SSSR count). The molecule has 1 aliphatic heterocycles. The number of likely N-dealkylation sites (N-methyl/N-ethyl adjacent to an activating group) is 1. The summed E-state index contributed by atoms with van der Waals surface area (Å²) in [4.78, 5) is 13.3. The molecule has 0 saturated carbocycles. The first kappa shape index (κ1) is 15.4. The molecule has 0 aliphatic carbocycles. The minimum atomic E-state index is 0.136. The van der Waals surface area contributed by atoms with E-state index in [9.17, 15) is 4.79 Å². The number of fused-ring (bicyclic) bond motifs is 1. The zero-order chi connectivity index (χ0) is 15.4. The van der Waals surface area contributed by atoms with Gasteiger partial charge >= 0.3 is 0 Å². The molecule has 0 spiro atoms. The number of ether oxygens (including phenoxy) is 3. The van der Waals surface area contributed by atoms with E-state index in [2.05, 4.69) is 5.32 Å². The van der Waals surface area contributed by atoms with Crippen molar-refractivity contribution in [1.82, 2.24) is 10.2 Å². The average Bonchev–Trinajstić information content (AvgIpc) is 2.97. The van der Waals surface area contributed by atoms with Gasteiger partial charge in [-0.1, -0.05) is 0 Å². The van der Waals surface area contributed by atoms with Crippen molar-refractivity contribution in [3.05, 3.63) is 17.2 Å². The number of aldehydes is 1. The second-order valence-electron chi connectivity index (χ2n) is 4.56. The first-order valence-electron chi connectivity index (χ1n) is 6.49. The summed E-state index contributed by atoms with van der Waals surface area (Å²) in [6.07, 6.45) is 1.42. The van der Waals surface area contributed by atoms with Gasteiger partial charge in [0.05, 0.1) is 12.7 Å². The van der Waals surface area contributed by atoms with Crippen LogP contribution in [0, 0.1) is 0 Å². The Hall–Kier alpha value is -2.02. The molecule has 7 heteroatoms. The van der Waals surface area contributed by atoms with E-state index in [1.807, 2.05) is 18.0 Å². The number of nitrogens with one attached hydrogen (secondary N) is 1. The smallest absolute Gasteiger partial charge is 0.231 e. The first-order chi connectivity index (χ1) is 10.1. The Morgan fingerprint density at radius 1 is 1.57 bits per heavy atom. The number of carbonyl (C=O) groups excluding carboxylic acids is 1. The first-order valence-corrected chi connectivity index (χ1v) is 6.90. The van der Waals surface area contributed by atoms with Crippen molar-refractivity contribution in [2.75, 3.05) is 34.5 Å². The van der Waals surface area contributed by atoms with Crippen LogP contribution in [0.2, 0.25) is 0 Å². The van der Waals surface area contributed by atoms with Gasteiger partial charge in [-0.2, -0.15) is 0 Å². The van der Waals surface area contributed by atoms with E-state index in [4.69, 9.17) is 26.4 Å². The summed E-state index contributed by atoms with van der Waals surface area (Å²) in [5, 5.41) is 3.56. The minimum absolute atomic E-state index is 0.136. The van der Waals surface area contributed by atoms with Crippen LogP contribution in [0.25, 0.3) is 0 Å². The number of benzene rings is 1. The summed E-state index contributed by atoms with van der Waals surface area (Å²) >= 11 is 5.16. The number of rotatable bonds is 5. The van der Waals surface area contributed by atoms with Crippen molar-refractivity contribution in [3.8, 4) is 17.2 Å². The number of thiocarbonyl (C=S) groups is 1. The van der Waals surface area contributed by atoms with Gasteiger partial charge in [0.1, 0.15) is 0 Å². The molecule has 0 aromatic heterocycles. The van der Waals surface area contributed by atoms with E-state index in [-0.39, 0.29) is 6.79 Å². The van der Waals surface area contributed by atoms with E-state index >= 15 is 0 Å². The molecule has 1 N–H and O–H groups in total. The van der Waals surface area contributed by atoms with Crippen LogP contribution in [0.1, 0.15) is 15.9 Å². The summed E-state index contributed by atoms with van der Waals surface area (Å²) in [5.74, 6) is 1.52. The summed E-state index contributed by atoms with van der Waals surface area (Å²) in [6, 6.07) is 1.82. The van der Waals surface area contributed by atoms with Gasteiger partial charge in [-0.05, 0) is 30.3 Å². The normalized spacial score (nSPS) is 12.0. The second kappa shape index (κ2) is 6.62. The molecule has 0 amide bonds. The average molecular weight is 310 g/mol. The van der Waals surface area contributed by atoms with Crippen LogP contribution in [-0.4, -0.2) is 50.8 Å². The van der Waals surface area contributed by atoms with Gasteiger partial charge in [0, 0.05) is 20.6 Å². The fraction of sp³-hybridized carbons (Fsp3) is 0.429. The van der Waals surface area contributed by atoms with Gasteiger partial charge < -0.3 is 24.4 Å². The Balaban J connectivity index is 2.27. The standard InChI is InChI=1S/C14H18N2O4S/c1-15-14(21)16(2)5-4-9-6-11-13(20-8-19-11)12(18-3)10(9)7-17/h6-7H,4-5,8H2,1-3H3,(H,15,21). The van der Waals surface area contributed by atoms with Crippen LogP contribution in [0.5, 0.6) is 17.2 Å². The molecule has 0 unspecified atom stereocenters. The number of hydrogen-bond acceptors (Lipinski definition) is 5. The van der Waals surface area contributed by atoms with Crippen molar-refractivity contribution in [1.29, 1.82) is 0 Å². The lowest BCUT2D eigenvalue weighted by atomic mass is 10.0. The lowest BCUT2D eigenvalue weighted by Crippen LogP contribution is -2.36. The highest BCUT2D eigenvalue weighted by Crippen LogP contribution is 2.44. The van der Waals surface area contributed by atoms with Gasteiger partial charge in [-0.3, -0.25) is 4.79 Å². The highest BCUT2D eigenvalue weighted by molar-refractivity contribution is 7.80. The third kappa shape index (κ3) is 3.02. The SMILES string of the molecule is CNC(=S)N(C)CCc1cc2c(c(OC)c1C=O)OCO2. The molecule has 0 radical (unpaired) electrons. The van der Waals surface area contributed by atoms with Crippen LogP contribution in [0.15, 0.2) is 6.07 Å². The summed E-state index contributed by atoms with van der Waals surface area (Å²) in [5.41, 5.74) is 1.34. The van der Waals surface area contributed by atoms with E-state index in [0.717, 1.165) is 11.8 Å². The Morgan fingerprint density at radius 3 is 2.95 bits per heavy atom. The van der Waals surface area contributed by atoms with E-state index in [0.29, 0.717) is 40.9 Å². The molecular formula is C14H18N2O4S. The quantitative estimate of drug-likeness (QED) is 0.648. The molecule has 1 aliphatic rings. The topological polar surface area (TPSA) is 60.0 Å². The molecule has 0 fully saturated rings. The summed E-state index contributed by atoms with van der Waals surface area (Å²) in [7, 11) is 5.18. The largest absolute Gasteiger partial charge is 0.492 e. The predicted octanol–water partition coefficient (Wildman–Crippen LogP) is 1.21. The van der Waals surface area contributed by atoms with Crippen LogP contribution in [0.3, 0.4) is 0 Å². The maximum atomic E-state index is 11.4. The molecule has 0 atom stereocenters. The number of hydrogen-bond donors (Lipinski definition) is 1. The van der Waals surface area contributed by atoms with Crippen LogP contribution in [-0.2, 0) is 6.42 Å². The summed E-state index contributed by atoms with van der Waals surface area (Å²) < 4.78 is 16.0. The summed E-state index contributed by atoms with van der Waals surface area (Å²) in [6.45, 7) is 0.806. The molecular weight excluding hydrogens is 292 g/mol. The molecule has 114 valence electrons. The molecule has 1 heterocycles. The molecule has 1 aromatic carbocycles. The van der Waals surface area contributed by atoms with Crippen LogP contribution in [0.4, 0.5) is 0 Å². The Morgan fingerprint density at radius 2 is 2.33 bits per heavy atom. The van der Waals surface area contributed by atoms with Crippen molar-refractivity contribution in [2.45, 2.75) is 6.42 Å². The van der Waals surface area contributed by atoms with Gasteiger partial charge in [0.25, 0.3) is 0 Å². The van der Waals surface area contributed by atoms with E-state index in [1.54, 1.807) is 7.05 Å². The second-order valence-corrected chi connectivity index (χ2v) is 4.95. The Kier molecular flexibility index (Phi) is 4.85. The molecule has 6 nitrogen and oxygen atoms in total. The van der Waals surface area contributed by atoms with Crippen molar-refractivity contribution in [3.63, 3.8) is 0 Å². The lowest BCUT2D eigenvalue weighted by molar-refractivity contribution is 0.111. The highest BCUT2D eigenvalue weighted by Gasteiger charge is 2.25.